The van der Waals surface area contributed by atoms with Crippen molar-refractivity contribution >= 4 is 20.9 Å². The van der Waals surface area contributed by atoms with E-state index in [0.29, 0.717) is 23.1 Å². The Morgan fingerprint density at radius 2 is 2.07 bits per heavy atom. The summed E-state index contributed by atoms with van der Waals surface area (Å²) in [4.78, 5) is 4.51. The van der Waals surface area contributed by atoms with Crippen molar-refractivity contribution in [3.05, 3.63) is 47.8 Å². The quantitative estimate of drug-likeness (QED) is 0.739. The Labute approximate surface area is 155 Å². The molecule has 0 saturated carbocycles. The first-order valence-electron chi connectivity index (χ1n) is 8.38. The van der Waals surface area contributed by atoms with Crippen LogP contribution >= 0.6 is 0 Å². The normalized spacial score (nSPS) is 15.0. The molecule has 3 heterocycles. The number of fused-ring (bicyclic) bond motifs is 3. The second-order valence-electron chi connectivity index (χ2n) is 6.34. The van der Waals surface area contributed by atoms with E-state index >= 15 is 0 Å². The molecule has 0 atom stereocenters. The van der Waals surface area contributed by atoms with E-state index in [1.807, 2.05) is 6.92 Å². The number of halogens is 1. The third-order valence-corrected chi connectivity index (χ3v) is 6.54. The summed E-state index contributed by atoms with van der Waals surface area (Å²) >= 11 is 0. The number of alkyl halides is 1. The number of aryl methyl sites for hydroxylation is 1. The average molecular weight is 391 g/mol. The largest absolute Gasteiger partial charge is 0.494 e. The predicted octanol–water partition coefficient (Wildman–Crippen LogP) is 2.56. The number of aromatic nitrogens is 2. The van der Waals surface area contributed by atoms with E-state index in [-0.39, 0.29) is 29.6 Å². The van der Waals surface area contributed by atoms with Crippen LogP contribution in [0.5, 0.6) is 11.6 Å². The van der Waals surface area contributed by atoms with Gasteiger partial charge >= 0.3 is 0 Å². The van der Waals surface area contributed by atoms with E-state index in [1.165, 1.54) is 28.6 Å². The van der Waals surface area contributed by atoms with E-state index in [9.17, 15) is 17.9 Å². The molecule has 0 spiro atoms. The zero-order valence-corrected chi connectivity index (χ0v) is 15.4. The van der Waals surface area contributed by atoms with Crippen LogP contribution < -0.4 is 4.74 Å². The van der Waals surface area contributed by atoms with Gasteiger partial charge in [-0.1, -0.05) is 6.07 Å². The van der Waals surface area contributed by atoms with Gasteiger partial charge in [0.1, 0.15) is 5.75 Å². The van der Waals surface area contributed by atoms with Crippen LogP contribution in [-0.2, 0) is 23.1 Å². The topological polar surface area (TPSA) is 84.7 Å². The molecule has 0 unspecified atom stereocenters. The zero-order valence-electron chi connectivity index (χ0n) is 14.6. The van der Waals surface area contributed by atoms with Gasteiger partial charge < -0.3 is 14.4 Å². The van der Waals surface area contributed by atoms with Crippen molar-refractivity contribution in [1.82, 2.24) is 13.9 Å². The van der Waals surface area contributed by atoms with Gasteiger partial charge in [-0.05, 0) is 31.2 Å². The fraction of sp³-hybridized carbons (Fsp3) is 0.278. The summed E-state index contributed by atoms with van der Waals surface area (Å²) in [5.74, 6) is 0.252. The maximum atomic E-state index is 13.0. The molecule has 0 radical (unpaired) electrons. The molecular weight excluding hydrogens is 373 g/mol. The Balaban J connectivity index is 1.74. The maximum Gasteiger partial charge on any atom is 0.243 e. The number of rotatable bonds is 4. The monoisotopic (exact) mass is 391 g/mol. The molecule has 4 rings (SSSR count). The molecular formula is C18H18FN3O4S. The first-order chi connectivity index (χ1) is 12.9. The van der Waals surface area contributed by atoms with Gasteiger partial charge in [0.25, 0.3) is 0 Å². The lowest BCUT2D eigenvalue weighted by Gasteiger charge is -2.28. The summed E-state index contributed by atoms with van der Waals surface area (Å²) in [5.41, 5.74) is 2.03. The molecule has 142 valence electrons. The van der Waals surface area contributed by atoms with Gasteiger partial charge in [0.05, 0.1) is 28.0 Å². The molecule has 2 aromatic heterocycles. The second kappa shape index (κ2) is 6.50. The van der Waals surface area contributed by atoms with Gasteiger partial charge in [-0.15, -0.1) is 0 Å². The molecule has 0 fully saturated rings. The van der Waals surface area contributed by atoms with Crippen LogP contribution in [0.15, 0.2) is 41.3 Å². The van der Waals surface area contributed by atoms with E-state index in [1.54, 1.807) is 16.7 Å². The SMILES string of the molecule is Cc1ccc2c(O)n3c(c2n1)CN(S(=O)(=O)c1cccc(OCF)c1)CC3. The van der Waals surface area contributed by atoms with Crippen LogP contribution in [0.1, 0.15) is 11.4 Å². The fourth-order valence-electron chi connectivity index (χ4n) is 3.36. The molecule has 0 bridgehead atoms. The van der Waals surface area contributed by atoms with Crippen LogP contribution in [-0.4, -0.2) is 40.8 Å². The highest BCUT2D eigenvalue weighted by Gasteiger charge is 2.32. The van der Waals surface area contributed by atoms with Gasteiger partial charge in [-0.25, -0.2) is 12.8 Å². The molecule has 7 nitrogen and oxygen atoms in total. The number of hydrogen-bond acceptors (Lipinski definition) is 5. The van der Waals surface area contributed by atoms with Crippen molar-refractivity contribution in [2.45, 2.75) is 24.9 Å². The summed E-state index contributed by atoms with van der Waals surface area (Å²) in [6.45, 7) is 1.42. The lowest BCUT2D eigenvalue weighted by Crippen LogP contribution is -2.38. The molecule has 1 aliphatic heterocycles. The molecule has 1 aliphatic rings. The summed E-state index contributed by atoms with van der Waals surface area (Å²) in [6.07, 6.45) is 0. The predicted molar refractivity (Wildman–Crippen MR) is 96.8 cm³/mol. The number of benzene rings is 1. The number of ether oxygens (including phenoxy) is 1. The van der Waals surface area contributed by atoms with E-state index < -0.39 is 16.9 Å². The molecule has 9 heteroatoms. The first kappa shape index (κ1) is 17.7. The number of hydrogen-bond donors (Lipinski definition) is 1. The standard InChI is InChI=1S/C18H18FN3O4S/c1-12-5-6-15-17(20-12)16-10-21(7-8-22(16)18(15)23)27(24,25)14-4-2-3-13(9-14)26-11-19/h2-6,9,23H,7-8,10-11H2,1H3. The minimum atomic E-state index is -3.81. The summed E-state index contributed by atoms with van der Waals surface area (Å²) in [5, 5.41) is 11.0. The van der Waals surface area contributed by atoms with Crippen LogP contribution in [0, 0.1) is 6.92 Å². The molecule has 1 aromatic carbocycles. The highest BCUT2D eigenvalue weighted by Crippen LogP contribution is 2.35. The Morgan fingerprint density at radius 3 is 2.85 bits per heavy atom. The van der Waals surface area contributed by atoms with Gasteiger partial charge in [-0.3, -0.25) is 4.98 Å². The number of aromatic hydroxyl groups is 1. The van der Waals surface area contributed by atoms with E-state index in [0.717, 1.165) is 5.69 Å². The molecule has 27 heavy (non-hydrogen) atoms. The van der Waals surface area contributed by atoms with Crippen molar-refractivity contribution in [1.29, 1.82) is 0 Å². The van der Waals surface area contributed by atoms with Crippen LogP contribution in [0.2, 0.25) is 0 Å². The lowest BCUT2D eigenvalue weighted by molar-refractivity contribution is 0.191. The number of nitrogens with zero attached hydrogens (tertiary/aromatic N) is 3. The van der Waals surface area contributed by atoms with Crippen molar-refractivity contribution in [2.24, 2.45) is 0 Å². The third-order valence-electron chi connectivity index (χ3n) is 4.69. The van der Waals surface area contributed by atoms with Crippen molar-refractivity contribution in [3.63, 3.8) is 0 Å². The van der Waals surface area contributed by atoms with Crippen molar-refractivity contribution in [3.8, 4) is 11.6 Å². The smallest absolute Gasteiger partial charge is 0.243 e. The Morgan fingerprint density at radius 1 is 1.26 bits per heavy atom. The summed E-state index contributed by atoms with van der Waals surface area (Å²) in [6, 6.07) is 9.36. The van der Waals surface area contributed by atoms with Crippen molar-refractivity contribution in [2.75, 3.05) is 13.4 Å². The zero-order chi connectivity index (χ0) is 19.2. The Bertz CT molecular complexity index is 1130. The van der Waals surface area contributed by atoms with Crippen LogP contribution in [0.25, 0.3) is 10.9 Å². The lowest BCUT2D eigenvalue weighted by atomic mass is 10.2. The Hall–Kier alpha value is -2.65. The molecule has 0 saturated heterocycles. The maximum absolute atomic E-state index is 13.0. The molecule has 0 amide bonds. The Kier molecular flexibility index (Phi) is 4.27. The highest BCUT2D eigenvalue weighted by molar-refractivity contribution is 7.89. The second-order valence-corrected chi connectivity index (χ2v) is 8.28. The fourth-order valence-corrected chi connectivity index (χ4v) is 4.79. The van der Waals surface area contributed by atoms with Crippen LogP contribution in [0.4, 0.5) is 4.39 Å². The third kappa shape index (κ3) is 2.92. The van der Waals surface area contributed by atoms with Gasteiger partial charge in [0.2, 0.25) is 22.8 Å². The minimum Gasteiger partial charge on any atom is -0.494 e. The van der Waals surface area contributed by atoms with Gasteiger partial charge in [-0.2, -0.15) is 4.31 Å². The van der Waals surface area contributed by atoms with Crippen LogP contribution in [0.3, 0.4) is 0 Å². The number of sulfonamides is 1. The first-order valence-corrected chi connectivity index (χ1v) is 9.82. The van der Waals surface area contributed by atoms with E-state index in [4.69, 9.17) is 4.74 Å². The van der Waals surface area contributed by atoms with Gasteiger partial charge in [0.15, 0.2) is 0 Å². The molecule has 0 aliphatic carbocycles. The molecule has 1 N–H and O–H groups in total. The summed E-state index contributed by atoms with van der Waals surface area (Å²) in [7, 11) is -3.81. The summed E-state index contributed by atoms with van der Waals surface area (Å²) < 4.78 is 46.3. The number of pyridine rings is 1. The minimum absolute atomic E-state index is 0.0334. The van der Waals surface area contributed by atoms with E-state index in [2.05, 4.69) is 4.98 Å². The highest BCUT2D eigenvalue weighted by atomic mass is 32.2. The average Bonchev–Trinajstić information content (AvgIpc) is 2.94. The molecule has 3 aromatic rings. The van der Waals surface area contributed by atoms with Crippen molar-refractivity contribution < 1.29 is 22.7 Å². The van der Waals surface area contributed by atoms with Gasteiger partial charge in [0, 0.05) is 24.8 Å².